The van der Waals surface area contributed by atoms with Crippen LogP contribution in [0, 0.1) is 0 Å². The van der Waals surface area contributed by atoms with Gasteiger partial charge in [0, 0.05) is 39.4 Å². The average molecular weight is 328 g/mol. The van der Waals surface area contributed by atoms with E-state index in [0.717, 1.165) is 12.2 Å². The Labute approximate surface area is 142 Å². The van der Waals surface area contributed by atoms with Crippen LogP contribution >= 0.6 is 0 Å². The molecule has 2 rings (SSSR count). The minimum atomic E-state index is -0.0680. The zero-order valence-corrected chi connectivity index (χ0v) is 14.2. The van der Waals surface area contributed by atoms with E-state index < -0.39 is 0 Å². The number of carbonyl (C=O) groups is 2. The Morgan fingerprint density at radius 2 is 1.92 bits per heavy atom. The first-order valence-corrected chi connectivity index (χ1v) is 8.12. The second-order valence-corrected chi connectivity index (χ2v) is 5.84. The number of hydrogen-bond acceptors (Lipinski definition) is 3. The van der Waals surface area contributed by atoms with Crippen LogP contribution in [0.4, 0.5) is 0 Å². The summed E-state index contributed by atoms with van der Waals surface area (Å²) in [6.07, 6.45) is 3.03. The summed E-state index contributed by atoms with van der Waals surface area (Å²) in [6.45, 7) is 0.411. The van der Waals surface area contributed by atoms with Gasteiger partial charge in [-0.15, -0.1) is 0 Å². The lowest BCUT2D eigenvalue weighted by molar-refractivity contribution is -0.131. The molecule has 2 aromatic rings. The molecule has 0 bridgehead atoms. The predicted octanol–water partition coefficient (Wildman–Crippen LogP) is 2.59. The second-order valence-electron chi connectivity index (χ2n) is 5.84. The van der Waals surface area contributed by atoms with E-state index in [1.54, 1.807) is 25.3 Å². The maximum atomic E-state index is 12.5. The van der Waals surface area contributed by atoms with Crippen molar-refractivity contribution in [3.05, 3.63) is 60.1 Å². The molecular weight excluding hydrogens is 304 g/mol. The van der Waals surface area contributed by atoms with Gasteiger partial charge in [-0.05, 0) is 24.1 Å². The van der Waals surface area contributed by atoms with E-state index in [4.69, 9.17) is 4.42 Å². The van der Waals surface area contributed by atoms with Gasteiger partial charge in [0.15, 0.2) is 0 Å². The van der Waals surface area contributed by atoms with Gasteiger partial charge in [-0.25, -0.2) is 0 Å². The summed E-state index contributed by atoms with van der Waals surface area (Å²) in [5.41, 5.74) is 1.17. The first-order chi connectivity index (χ1) is 11.6. The van der Waals surface area contributed by atoms with Gasteiger partial charge in [0.2, 0.25) is 11.8 Å². The molecule has 1 atom stereocenters. The number of rotatable bonds is 8. The van der Waals surface area contributed by atoms with E-state index in [0.29, 0.717) is 19.4 Å². The first-order valence-electron chi connectivity index (χ1n) is 8.12. The summed E-state index contributed by atoms with van der Waals surface area (Å²) in [7, 11) is 3.32. The molecule has 0 aliphatic heterocycles. The molecule has 0 fully saturated rings. The highest BCUT2D eigenvalue weighted by Crippen LogP contribution is 2.25. The van der Waals surface area contributed by atoms with E-state index >= 15 is 0 Å². The SMILES string of the molecule is CNC(=O)CCN(C)C(=O)CC(Cc1ccccc1)c1ccco1. The Morgan fingerprint density at radius 3 is 2.54 bits per heavy atom. The van der Waals surface area contributed by atoms with Crippen molar-refractivity contribution in [3.63, 3.8) is 0 Å². The van der Waals surface area contributed by atoms with Crippen molar-refractivity contribution in [1.82, 2.24) is 10.2 Å². The number of carbonyl (C=O) groups excluding carboxylic acids is 2. The van der Waals surface area contributed by atoms with Gasteiger partial charge in [-0.1, -0.05) is 30.3 Å². The molecule has 1 N–H and O–H groups in total. The van der Waals surface area contributed by atoms with Crippen molar-refractivity contribution < 1.29 is 14.0 Å². The Balaban J connectivity index is 2.00. The molecule has 1 aromatic heterocycles. The molecule has 0 radical (unpaired) electrons. The third-order valence-corrected chi connectivity index (χ3v) is 4.07. The van der Waals surface area contributed by atoms with Gasteiger partial charge in [0.1, 0.15) is 5.76 Å². The van der Waals surface area contributed by atoms with Crippen LogP contribution in [0.25, 0.3) is 0 Å². The van der Waals surface area contributed by atoms with Gasteiger partial charge in [-0.2, -0.15) is 0 Å². The minimum absolute atomic E-state index is 0.0104. The summed E-state index contributed by atoms with van der Waals surface area (Å²) in [6, 6.07) is 13.8. The van der Waals surface area contributed by atoms with Crippen LogP contribution in [0.1, 0.15) is 30.1 Å². The zero-order chi connectivity index (χ0) is 17.4. The summed E-state index contributed by atoms with van der Waals surface area (Å²) in [5.74, 6) is 0.738. The lowest BCUT2D eigenvalue weighted by Crippen LogP contribution is -2.32. The quantitative estimate of drug-likeness (QED) is 0.810. The van der Waals surface area contributed by atoms with Gasteiger partial charge < -0.3 is 14.6 Å². The first kappa shape index (κ1) is 17.8. The zero-order valence-electron chi connectivity index (χ0n) is 14.2. The molecule has 2 amide bonds. The summed E-state index contributed by atoms with van der Waals surface area (Å²) in [5, 5.41) is 2.56. The third-order valence-electron chi connectivity index (χ3n) is 4.07. The topological polar surface area (TPSA) is 62.6 Å². The van der Waals surface area contributed by atoms with Gasteiger partial charge in [0.25, 0.3) is 0 Å². The fourth-order valence-electron chi connectivity index (χ4n) is 2.58. The monoisotopic (exact) mass is 328 g/mol. The second kappa shape index (κ2) is 8.91. The van der Waals surface area contributed by atoms with Crippen molar-refractivity contribution in [1.29, 1.82) is 0 Å². The van der Waals surface area contributed by atoms with E-state index in [2.05, 4.69) is 17.4 Å². The summed E-state index contributed by atoms with van der Waals surface area (Å²) >= 11 is 0. The Hall–Kier alpha value is -2.56. The highest BCUT2D eigenvalue weighted by molar-refractivity contribution is 5.79. The minimum Gasteiger partial charge on any atom is -0.469 e. The number of amides is 2. The molecule has 128 valence electrons. The largest absolute Gasteiger partial charge is 0.469 e. The molecule has 0 saturated carbocycles. The normalized spacial score (nSPS) is 11.8. The van der Waals surface area contributed by atoms with Crippen molar-refractivity contribution in [3.8, 4) is 0 Å². The molecule has 5 heteroatoms. The smallest absolute Gasteiger partial charge is 0.223 e. The van der Waals surface area contributed by atoms with Gasteiger partial charge >= 0.3 is 0 Å². The van der Waals surface area contributed by atoms with Crippen LogP contribution in [0.15, 0.2) is 53.1 Å². The molecule has 0 aliphatic carbocycles. The van der Waals surface area contributed by atoms with Crippen LogP contribution in [-0.2, 0) is 16.0 Å². The lowest BCUT2D eigenvalue weighted by atomic mass is 9.93. The van der Waals surface area contributed by atoms with E-state index in [1.807, 2.05) is 30.3 Å². The highest BCUT2D eigenvalue weighted by Gasteiger charge is 2.21. The highest BCUT2D eigenvalue weighted by atomic mass is 16.3. The standard InChI is InChI=1S/C19H24N2O3/c1-20-18(22)10-11-21(2)19(23)14-16(17-9-6-12-24-17)13-15-7-4-3-5-8-15/h3-9,12,16H,10-11,13-14H2,1-2H3,(H,20,22). The third kappa shape index (κ3) is 5.26. The number of hydrogen-bond donors (Lipinski definition) is 1. The fourth-order valence-corrected chi connectivity index (χ4v) is 2.58. The molecule has 0 spiro atoms. The molecule has 0 aliphatic rings. The van der Waals surface area contributed by atoms with E-state index in [1.165, 1.54) is 5.56 Å². The molecule has 1 aromatic carbocycles. The predicted molar refractivity (Wildman–Crippen MR) is 92.5 cm³/mol. The molecule has 24 heavy (non-hydrogen) atoms. The Morgan fingerprint density at radius 1 is 1.17 bits per heavy atom. The Bertz CT molecular complexity index is 638. The van der Waals surface area contributed by atoms with Crippen LogP contribution in [0.2, 0.25) is 0 Å². The summed E-state index contributed by atoms with van der Waals surface area (Å²) in [4.78, 5) is 25.4. The van der Waals surface area contributed by atoms with Gasteiger partial charge in [0.05, 0.1) is 6.26 Å². The van der Waals surface area contributed by atoms with Crippen LogP contribution in [0.5, 0.6) is 0 Å². The van der Waals surface area contributed by atoms with Gasteiger partial charge in [-0.3, -0.25) is 9.59 Å². The fraction of sp³-hybridized carbons (Fsp3) is 0.368. The summed E-state index contributed by atoms with van der Waals surface area (Å²) < 4.78 is 5.53. The molecular formula is C19H24N2O3. The van der Waals surface area contributed by atoms with Crippen LogP contribution in [-0.4, -0.2) is 37.4 Å². The number of nitrogens with one attached hydrogen (secondary N) is 1. The van der Waals surface area contributed by atoms with Crippen LogP contribution < -0.4 is 5.32 Å². The van der Waals surface area contributed by atoms with Crippen LogP contribution in [0.3, 0.4) is 0 Å². The van der Waals surface area contributed by atoms with Crippen molar-refractivity contribution in [2.75, 3.05) is 20.6 Å². The lowest BCUT2D eigenvalue weighted by Gasteiger charge is -2.20. The number of benzene rings is 1. The maximum absolute atomic E-state index is 12.5. The Kier molecular flexibility index (Phi) is 6.61. The van der Waals surface area contributed by atoms with E-state index in [-0.39, 0.29) is 17.7 Å². The molecule has 5 nitrogen and oxygen atoms in total. The molecule has 0 saturated heterocycles. The van der Waals surface area contributed by atoms with E-state index in [9.17, 15) is 9.59 Å². The number of furan rings is 1. The average Bonchev–Trinajstić information content (AvgIpc) is 3.14. The maximum Gasteiger partial charge on any atom is 0.223 e. The van der Waals surface area contributed by atoms with Crippen molar-refractivity contribution in [2.45, 2.75) is 25.2 Å². The van der Waals surface area contributed by atoms with Crippen molar-refractivity contribution >= 4 is 11.8 Å². The molecule has 1 unspecified atom stereocenters. The molecule has 1 heterocycles. The number of nitrogens with zero attached hydrogens (tertiary/aromatic N) is 1. The van der Waals surface area contributed by atoms with Crippen molar-refractivity contribution in [2.24, 2.45) is 0 Å².